The van der Waals surface area contributed by atoms with Gasteiger partial charge in [0, 0.05) is 12.2 Å². The molecule has 1 aromatic rings. The number of carbonyl (C=O) groups is 2. The number of nitrogens with one attached hydrogen (secondary N) is 2. The zero-order valence-electron chi connectivity index (χ0n) is 10.9. The molecule has 0 saturated carbocycles. The van der Waals surface area contributed by atoms with Gasteiger partial charge in [-0.2, -0.15) is 0 Å². The molecule has 19 heavy (non-hydrogen) atoms. The largest absolute Gasteiger partial charge is 0.465 e. The highest BCUT2D eigenvalue weighted by atomic mass is 16.5. The molecule has 1 aromatic carbocycles. The van der Waals surface area contributed by atoms with E-state index in [4.69, 9.17) is 0 Å². The van der Waals surface area contributed by atoms with Crippen molar-refractivity contribution in [2.45, 2.75) is 12.8 Å². The number of carbonyl (C=O) groups excluding carboxylic acids is 2. The quantitative estimate of drug-likeness (QED) is 0.808. The molecule has 0 spiro atoms. The van der Waals surface area contributed by atoms with E-state index in [0.717, 1.165) is 25.9 Å². The van der Waals surface area contributed by atoms with Gasteiger partial charge in [-0.05, 0) is 43.7 Å². The number of amides is 1. The molecule has 1 fully saturated rings. The van der Waals surface area contributed by atoms with Gasteiger partial charge in [0.2, 0.25) is 5.91 Å². The number of piperidine rings is 1. The van der Waals surface area contributed by atoms with Gasteiger partial charge in [0.15, 0.2) is 0 Å². The lowest BCUT2D eigenvalue weighted by Crippen LogP contribution is -2.37. The van der Waals surface area contributed by atoms with E-state index in [1.54, 1.807) is 24.3 Å². The second kappa shape index (κ2) is 6.33. The van der Waals surface area contributed by atoms with Crippen molar-refractivity contribution in [2.24, 2.45) is 5.92 Å². The van der Waals surface area contributed by atoms with E-state index < -0.39 is 0 Å². The number of esters is 1. The predicted octanol–water partition coefficient (Wildman–Crippen LogP) is 1.41. The fourth-order valence-electron chi connectivity index (χ4n) is 2.13. The maximum atomic E-state index is 12.0. The molecule has 1 aliphatic rings. The Morgan fingerprint density at radius 2 is 2.05 bits per heavy atom. The van der Waals surface area contributed by atoms with Gasteiger partial charge < -0.3 is 15.4 Å². The first-order chi connectivity index (χ1) is 9.20. The molecular formula is C14H18N2O3. The van der Waals surface area contributed by atoms with Crippen molar-refractivity contribution in [2.75, 3.05) is 25.5 Å². The van der Waals surface area contributed by atoms with Crippen LogP contribution in [0, 0.1) is 5.92 Å². The monoisotopic (exact) mass is 262 g/mol. The Bertz CT molecular complexity index is 450. The summed E-state index contributed by atoms with van der Waals surface area (Å²) in [5.74, 6) is -0.332. The molecule has 1 saturated heterocycles. The third-order valence-electron chi connectivity index (χ3n) is 3.24. The van der Waals surface area contributed by atoms with E-state index >= 15 is 0 Å². The summed E-state index contributed by atoms with van der Waals surface area (Å²) in [6.45, 7) is 1.71. The molecule has 1 heterocycles. The summed E-state index contributed by atoms with van der Waals surface area (Å²) in [6.07, 6.45) is 1.94. The Labute approximate surface area is 112 Å². The van der Waals surface area contributed by atoms with Crippen LogP contribution < -0.4 is 10.6 Å². The van der Waals surface area contributed by atoms with Gasteiger partial charge in [0.1, 0.15) is 0 Å². The second-order valence-electron chi connectivity index (χ2n) is 4.60. The molecule has 1 atom stereocenters. The number of hydrogen-bond donors (Lipinski definition) is 2. The summed E-state index contributed by atoms with van der Waals surface area (Å²) in [4.78, 5) is 23.3. The minimum absolute atomic E-state index is 0.0223. The molecule has 0 radical (unpaired) electrons. The molecule has 1 aliphatic heterocycles. The topological polar surface area (TPSA) is 67.4 Å². The van der Waals surface area contributed by atoms with Crippen LogP contribution in [0.5, 0.6) is 0 Å². The molecule has 0 bridgehead atoms. The molecule has 0 aromatic heterocycles. The average molecular weight is 262 g/mol. The second-order valence-corrected chi connectivity index (χ2v) is 4.60. The molecule has 0 aliphatic carbocycles. The molecule has 5 heteroatoms. The maximum Gasteiger partial charge on any atom is 0.337 e. The van der Waals surface area contributed by atoms with Crippen LogP contribution in [0.2, 0.25) is 0 Å². The van der Waals surface area contributed by atoms with Crippen molar-refractivity contribution in [3.05, 3.63) is 29.8 Å². The molecule has 2 N–H and O–H groups in total. The minimum Gasteiger partial charge on any atom is -0.465 e. The van der Waals surface area contributed by atoms with Gasteiger partial charge in [-0.3, -0.25) is 4.79 Å². The summed E-state index contributed by atoms with van der Waals surface area (Å²) in [5.41, 5.74) is 1.17. The van der Waals surface area contributed by atoms with Gasteiger partial charge in [-0.15, -0.1) is 0 Å². The van der Waals surface area contributed by atoms with Crippen LogP contribution >= 0.6 is 0 Å². The number of methoxy groups -OCH3 is 1. The molecular weight excluding hydrogens is 244 g/mol. The van der Waals surface area contributed by atoms with E-state index in [1.807, 2.05) is 0 Å². The summed E-state index contributed by atoms with van der Waals surface area (Å²) in [7, 11) is 1.34. The first-order valence-corrected chi connectivity index (χ1v) is 6.40. The van der Waals surface area contributed by atoms with Gasteiger partial charge >= 0.3 is 5.97 Å². The van der Waals surface area contributed by atoms with Gasteiger partial charge in [0.25, 0.3) is 0 Å². The summed E-state index contributed by atoms with van der Waals surface area (Å²) in [5, 5.41) is 6.08. The van der Waals surface area contributed by atoms with Gasteiger partial charge in [-0.1, -0.05) is 0 Å². The zero-order valence-corrected chi connectivity index (χ0v) is 10.9. The number of ether oxygens (including phenoxy) is 1. The SMILES string of the molecule is COC(=O)c1ccc(NC(=O)[C@H]2CCCNC2)cc1. The van der Waals surface area contributed by atoms with Crippen molar-refractivity contribution in [3.63, 3.8) is 0 Å². The molecule has 2 rings (SSSR count). The number of benzene rings is 1. The smallest absolute Gasteiger partial charge is 0.337 e. The maximum absolute atomic E-state index is 12.0. The van der Waals surface area contributed by atoms with Crippen molar-refractivity contribution >= 4 is 17.6 Å². The van der Waals surface area contributed by atoms with Gasteiger partial charge in [0.05, 0.1) is 18.6 Å². The average Bonchev–Trinajstić information content (AvgIpc) is 2.48. The molecule has 5 nitrogen and oxygen atoms in total. The Morgan fingerprint density at radius 1 is 1.32 bits per heavy atom. The lowest BCUT2D eigenvalue weighted by molar-refractivity contribution is -0.120. The Hall–Kier alpha value is -1.88. The first kappa shape index (κ1) is 13.5. The predicted molar refractivity (Wildman–Crippen MR) is 72.0 cm³/mol. The van der Waals surface area contributed by atoms with Crippen LogP contribution in [0.3, 0.4) is 0 Å². The third-order valence-corrected chi connectivity index (χ3v) is 3.24. The van der Waals surface area contributed by atoms with Crippen LogP contribution in [0.4, 0.5) is 5.69 Å². The van der Waals surface area contributed by atoms with E-state index in [-0.39, 0.29) is 17.8 Å². The van der Waals surface area contributed by atoms with E-state index in [0.29, 0.717) is 11.3 Å². The fraction of sp³-hybridized carbons (Fsp3) is 0.429. The van der Waals surface area contributed by atoms with Crippen LogP contribution in [0.25, 0.3) is 0 Å². The zero-order chi connectivity index (χ0) is 13.7. The highest BCUT2D eigenvalue weighted by Gasteiger charge is 2.20. The fourth-order valence-corrected chi connectivity index (χ4v) is 2.13. The number of rotatable bonds is 3. The lowest BCUT2D eigenvalue weighted by Gasteiger charge is -2.21. The first-order valence-electron chi connectivity index (χ1n) is 6.40. The minimum atomic E-state index is -0.380. The normalized spacial score (nSPS) is 18.7. The van der Waals surface area contributed by atoms with Crippen molar-refractivity contribution in [1.29, 1.82) is 0 Å². The Kier molecular flexibility index (Phi) is 4.52. The van der Waals surface area contributed by atoms with Crippen molar-refractivity contribution in [3.8, 4) is 0 Å². The van der Waals surface area contributed by atoms with E-state index in [9.17, 15) is 9.59 Å². The molecule has 1 amide bonds. The number of hydrogen-bond acceptors (Lipinski definition) is 4. The Morgan fingerprint density at radius 3 is 2.63 bits per heavy atom. The Balaban J connectivity index is 1.95. The molecule has 0 unspecified atom stereocenters. The highest BCUT2D eigenvalue weighted by molar-refractivity contribution is 5.94. The summed E-state index contributed by atoms with van der Waals surface area (Å²) < 4.78 is 4.62. The van der Waals surface area contributed by atoms with Gasteiger partial charge in [-0.25, -0.2) is 4.79 Å². The van der Waals surface area contributed by atoms with Crippen LogP contribution in [-0.4, -0.2) is 32.1 Å². The summed E-state index contributed by atoms with van der Waals surface area (Å²) >= 11 is 0. The van der Waals surface area contributed by atoms with Crippen molar-refractivity contribution in [1.82, 2.24) is 5.32 Å². The van der Waals surface area contributed by atoms with Crippen LogP contribution in [0.15, 0.2) is 24.3 Å². The van der Waals surface area contributed by atoms with Crippen LogP contribution in [-0.2, 0) is 9.53 Å². The summed E-state index contributed by atoms with van der Waals surface area (Å²) in [6, 6.07) is 6.70. The lowest BCUT2D eigenvalue weighted by atomic mass is 9.99. The standard InChI is InChI=1S/C14H18N2O3/c1-19-14(18)10-4-6-12(7-5-10)16-13(17)11-3-2-8-15-9-11/h4-7,11,15H,2-3,8-9H2,1H3,(H,16,17)/t11-/m0/s1. The number of anilines is 1. The van der Waals surface area contributed by atoms with Crippen molar-refractivity contribution < 1.29 is 14.3 Å². The highest BCUT2D eigenvalue weighted by Crippen LogP contribution is 2.15. The van der Waals surface area contributed by atoms with Crippen LogP contribution in [0.1, 0.15) is 23.2 Å². The third kappa shape index (κ3) is 3.54. The van der Waals surface area contributed by atoms with E-state index in [1.165, 1.54) is 7.11 Å². The van der Waals surface area contributed by atoms with E-state index in [2.05, 4.69) is 15.4 Å². The molecule has 102 valence electrons.